The minimum atomic E-state index is -2.39. The van der Waals surface area contributed by atoms with Gasteiger partial charge in [0.05, 0.1) is 62.3 Å². The van der Waals surface area contributed by atoms with Gasteiger partial charge in [-0.05, 0) is 53.4 Å². The summed E-state index contributed by atoms with van der Waals surface area (Å²) in [5.41, 5.74) is -0.856. The van der Waals surface area contributed by atoms with Gasteiger partial charge in [0.25, 0.3) is 0 Å². The number of aromatic nitrogens is 1. The second-order valence-corrected chi connectivity index (χ2v) is 24.6. The molecule has 4 rings (SSSR count). The highest BCUT2D eigenvalue weighted by Crippen LogP contribution is 2.34. The molecule has 1 saturated heterocycles. The van der Waals surface area contributed by atoms with Gasteiger partial charge in [0.15, 0.2) is 0 Å². The van der Waals surface area contributed by atoms with Crippen molar-refractivity contribution < 1.29 is 69.7 Å². The molecule has 9 atom stereocenters. The smallest absolute Gasteiger partial charge is 0.312 e. The van der Waals surface area contributed by atoms with Gasteiger partial charge in [0, 0.05) is 52.9 Å². The molecule has 2 N–H and O–H groups in total. The van der Waals surface area contributed by atoms with Crippen molar-refractivity contribution in [3.63, 3.8) is 0 Å². The van der Waals surface area contributed by atoms with Crippen molar-refractivity contribution in [2.75, 3.05) is 48.1 Å². The number of rotatable bonds is 30. The van der Waals surface area contributed by atoms with Gasteiger partial charge >= 0.3 is 5.97 Å². The normalized spacial score (nSPS) is 17.0. The Morgan fingerprint density at radius 1 is 0.790 bits per heavy atom. The van der Waals surface area contributed by atoms with Crippen LogP contribution in [0.2, 0.25) is 0 Å². The van der Waals surface area contributed by atoms with Crippen molar-refractivity contribution in [3.05, 3.63) is 81.6 Å². The number of esters is 1. The van der Waals surface area contributed by atoms with E-state index in [1.165, 1.54) is 30.4 Å². The zero-order valence-corrected chi connectivity index (χ0v) is 50.4. The molecule has 5 amide bonds. The highest BCUT2D eigenvalue weighted by Gasteiger charge is 2.44. The number of benzene rings is 2. The molecule has 1 aromatic heterocycles. The number of likely N-dealkylation sites (N-methyl/N-ethyl adjacent to an activating group) is 2. The van der Waals surface area contributed by atoms with Gasteiger partial charge in [0.1, 0.15) is 17.1 Å². The summed E-state index contributed by atoms with van der Waals surface area (Å²) < 4.78 is 91.8. The molecule has 16 nitrogen and oxygen atoms in total. The second kappa shape index (κ2) is 30.1. The lowest BCUT2D eigenvalue weighted by molar-refractivity contribution is -0.149. The average molecular weight is 1170 g/mol. The Morgan fingerprint density at radius 3 is 1.91 bits per heavy atom. The van der Waals surface area contributed by atoms with E-state index < -0.39 is 130 Å². The Morgan fingerprint density at radius 2 is 1.38 bits per heavy atom. The van der Waals surface area contributed by atoms with Crippen LogP contribution in [-0.4, -0.2) is 140 Å². The molecule has 452 valence electrons. The van der Waals surface area contributed by atoms with Gasteiger partial charge < -0.3 is 44.3 Å². The predicted molar refractivity (Wildman–Crippen MR) is 297 cm³/mol. The van der Waals surface area contributed by atoms with Crippen LogP contribution in [-0.2, 0) is 49.4 Å². The summed E-state index contributed by atoms with van der Waals surface area (Å²) >= 11 is 1.46. The number of thiazole rings is 1. The molecule has 1 aliphatic heterocycles. The predicted octanol–water partition coefficient (Wildman–Crippen LogP) is 9.24. The van der Waals surface area contributed by atoms with Crippen molar-refractivity contribution in [3.8, 4) is 5.75 Å². The topological polar surface area (TPSA) is 186 Å². The van der Waals surface area contributed by atoms with Crippen molar-refractivity contribution in [2.24, 2.45) is 34.5 Å². The maximum absolute atomic E-state index is 14.8. The molecule has 81 heavy (non-hydrogen) atoms. The quantitative estimate of drug-likeness (QED) is 0.0213. The molecule has 22 heteroatoms. The molecule has 0 bridgehead atoms. The van der Waals surface area contributed by atoms with E-state index in [2.05, 4.69) is 20.4 Å². The van der Waals surface area contributed by atoms with Crippen LogP contribution in [0.3, 0.4) is 0 Å². The van der Waals surface area contributed by atoms with Crippen LogP contribution in [0.25, 0.3) is 0 Å². The van der Waals surface area contributed by atoms with E-state index in [9.17, 15) is 50.7 Å². The Bertz CT molecular complexity index is 2560. The molecule has 0 spiro atoms. The summed E-state index contributed by atoms with van der Waals surface area (Å²) in [6, 6.07) is 6.38. The van der Waals surface area contributed by atoms with E-state index in [-0.39, 0.29) is 49.8 Å². The number of hydrogen-bond acceptors (Lipinski definition) is 12. The lowest BCUT2D eigenvalue weighted by atomic mass is 9.88. The molecular formula is C59H85F5N6O10S. The molecule has 3 unspecified atom stereocenters. The third-order valence-electron chi connectivity index (χ3n) is 15.2. The van der Waals surface area contributed by atoms with E-state index >= 15 is 0 Å². The summed E-state index contributed by atoms with van der Waals surface area (Å²) in [7, 11) is 6.19. The van der Waals surface area contributed by atoms with Crippen molar-refractivity contribution in [1.82, 2.24) is 30.3 Å². The molecule has 0 saturated carbocycles. The summed E-state index contributed by atoms with van der Waals surface area (Å²) in [5, 5.41) is 8.81. The van der Waals surface area contributed by atoms with Gasteiger partial charge in [-0.3, -0.25) is 28.8 Å². The van der Waals surface area contributed by atoms with E-state index in [0.717, 1.165) is 10.6 Å². The number of halogens is 5. The van der Waals surface area contributed by atoms with Gasteiger partial charge in [-0.2, -0.15) is 8.78 Å². The number of carbonyl (C=O) groups excluding carboxylic acids is 6. The van der Waals surface area contributed by atoms with Crippen LogP contribution in [0.15, 0.2) is 41.9 Å². The Kier molecular flexibility index (Phi) is 25.3. The van der Waals surface area contributed by atoms with E-state index in [1.807, 2.05) is 49.6 Å². The molecule has 1 aliphatic rings. The highest BCUT2D eigenvalue weighted by molar-refractivity contribution is 7.09. The monoisotopic (exact) mass is 1160 g/mol. The minimum Gasteiger partial charge on any atom is -0.420 e. The van der Waals surface area contributed by atoms with Gasteiger partial charge in [-0.25, -0.2) is 18.2 Å². The van der Waals surface area contributed by atoms with Crippen LogP contribution in [0.4, 0.5) is 22.0 Å². The molecule has 2 aromatic carbocycles. The molecule has 1 fully saturated rings. The first-order valence-corrected chi connectivity index (χ1v) is 28.5. The maximum atomic E-state index is 14.8. The van der Waals surface area contributed by atoms with Gasteiger partial charge in [0.2, 0.25) is 64.4 Å². The number of likely N-dealkylation sites (tertiary alicyclic amines) is 1. The van der Waals surface area contributed by atoms with Gasteiger partial charge in [-0.15, -0.1) is 11.3 Å². The molecule has 0 radical (unpaired) electrons. The van der Waals surface area contributed by atoms with Crippen LogP contribution < -0.4 is 15.4 Å². The first-order valence-electron chi connectivity index (χ1n) is 27.6. The zero-order chi connectivity index (χ0) is 60.8. The number of nitrogens with zero attached hydrogens (tertiary/aromatic N) is 4. The van der Waals surface area contributed by atoms with Gasteiger partial charge in [-0.1, -0.05) is 113 Å². The van der Waals surface area contributed by atoms with Crippen LogP contribution >= 0.6 is 11.3 Å². The van der Waals surface area contributed by atoms with Crippen molar-refractivity contribution in [1.29, 1.82) is 0 Å². The Hall–Kier alpha value is -5.58. The number of hydrogen-bond donors (Lipinski definition) is 2. The first-order chi connectivity index (χ1) is 37.9. The summed E-state index contributed by atoms with van der Waals surface area (Å²) in [6.45, 7) is 19.8. The third kappa shape index (κ3) is 18.0. The lowest BCUT2D eigenvalue weighted by Gasteiger charge is -2.41. The maximum Gasteiger partial charge on any atom is 0.312 e. The largest absolute Gasteiger partial charge is 0.420 e. The van der Waals surface area contributed by atoms with Crippen molar-refractivity contribution in [2.45, 2.75) is 164 Å². The summed E-state index contributed by atoms with van der Waals surface area (Å²) in [4.78, 5) is 93.5. The highest BCUT2D eigenvalue weighted by atomic mass is 32.1. The molecule has 3 aromatic rings. The molecule has 0 aliphatic carbocycles. The van der Waals surface area contributed by atoms with E-state index in [4.69, 9.17) is 14.2 Å². The Balaban J connectivity index is 1.41. The summed E-state index contributed by atoms with van der Waals surface area (Å²) in [6.07, 6.45) is 2.07. The first kappa shape index (κ1) is 67.9. The third-order valence-corrected chi connectivity index (χ3v) is 16.1. The van der Waals surface area contributed by atoms with Crippen LogP contribution in [0.1, 0.15) is 131 Å². The zero-order valence-electron chi connectivity index (χ0n) is 49.6. The SMILES string of the molecule is CCC(C)C([C@@H](CC(=O)N1CCC[C@H]1[C@H](OC)[C@@H](C)C(=O)N[C@@H](Cc1ccccc1)c1nccs1)OC)N(C)C(=O)[C@@H](NC(=O)C(C(C)C)N(C)C(=O)CC(C)(C)COCC(C)(C)CC(=O)Oc1c(F)c(F)c(F)c(F)c1F)C(C)C. The summed E-state index contributed by atoms with van der Waals surface area (Å²) in [5.74, 6) is -17.9. The molecule has 2 heterocycles. The van der Waals surface area contributed by atoms with E-state index in [0.29, 0.717) is 32.2 Å². The number of ether oxygens (including phenoxy) is 4. The van der Waals surface area contributed by atoms with Crippen LogP contribution in [0.5, 0.6) is 5.75 Å². The second-order valence-electron chi connectivity index (χ2n) is 23.7. The van der Waals surface area contributed by atoms with E-state index in [1.54, 1.807) is 92.5 Å². The van der Waals surface area contributed by atoms with Crippen molar-refractivity contribution >= 4 is 46.8 Å². The number of nitrogens with one attached hydrogen (secondary N) is 2. The standard InChI is InChI=1S/C59H85F5N6O10S/c1-16-35(6)51(40(77-14)28-41(71)70-25-20-23-39(70)52(78-15)36(7)54(74)66-38(56-65-24-26-81-56)27-37-21-18-17-19-22-37)69(13)57(76)49(33(2)3)67-55(75)50(34(4)5)68(12)42(72)29-58(8,9)31-79-32-59(10,11)30-43(73)80-53-47(63)45(61)44(60)46(62)48(53)64/h17-19,21-22,24,26,33-36,38-40,49-52H,16,20,23,25,27-32H2,1-15H3,(H,66,74)(H,67,75)/t35?,36-,38+,39+,40-,49+,50?,51?,52-/m1/s1. The lowest BCUT2D eigenvalue weighted by Crippen LogP contribution is -2.60. The fourth-order valence-electron chi connectivity index (χ4n) is 10.6. The van der Waals surface area contributed by atoms with Crippen LogP contribution in [0, 0.1) is 63.6 Å². The fourth-order valence-corrected chi connectivity index (χ4v) is 11.3. The Labute approximate surface area is 478 Å². The minimum absolute atomic E-state index is 0.0295. The number of amides is 5. The number of carbonyl (C=O) groups is 6. The number of methoxy groups -OCH3 is 2. The molecular weight excluding hydrogens is 1080 g/mol. The average Bonchev–Trinajstić information content (AvgIpc) is 4.21. The fraction of sp³-hybridized carbons (Fsp3) is 0.644.